The molecule has 0 heterocycles. The first kappa shape index (κ1) is 74.5. The first-order chi connectivity index (χ1) is 37.6. The summed E-state index contributed by atoms with van der Waals surface area (Å²) in [6.07, 6.45) is 70.7. The van der Waals surface area contributed by atoms with Crippen LogP contribution in [0.1, 0.15) is 322 Å². The lowest BCUT2D eigenvalue weighted by Gasteiger charge is -2.26. The fraction of sp³-hybridized carbons (Fsp3) is 0.868. The van der Waals surface area contributed by atoms with Crippen LogP contribution < -0.4 is 5.11 Å². The Morgan fingerprint density at radius 1 is 0.390 bits per heavy atom. The average molecular weight is 1090 g/mol. The van der Waals surface area contributed by atoms with E-state index < -0.39 is 24.3 Å². The molecule has 0 aliphatic rings. The van der Waals surface area contributed by atoms with Gasteiger partial charge in [0.2, 0.25) is 0 Å². The molecule has 0 fully saturated rings. The molecule has 0 N–H and O–H groups in total. The highest BCUT2D eigenvalue weighted by atomic mass is 16.7. The van der Waals surface area contributed by atoms with Gasteiger partial charge in [-0.25, -0.2) is 0 Å². The molecule has 0 radical (unpaired) electrons. The molecule has 0 aromatic rings. The molecule has 0 amide bonds. The quantitative estimate of drug-likeness (QED) is 0.0195. The number of carboxylic acid groups (broad SMARTS) is 1. The van der Waals surface area contributed by atoms with Crippen LogP contribution in [-0.4, -0.2) is 82.3 Å². The summed E-state index contributed by atoms with van der Waals surface area (Å²) in [4.78, 5) is 37.4. The van der Waals surface area contributed by atoms with Crippen molar-refractivity contribution in [3.63, 3.8) is 0 Å². The summed E-state index contributed by atoms with van der Waals surface area (Å²) in [5.74, 6) is -2.26. The molecule has 452 valence electrons. The van der Waals surface area contributed by atoms with Crippen molar-refractivity contribution in [3.8, 4) is 0 Å². The van der Waals surface area contributed by atoms with Crippen LogP contribution in [0.4, 0.5) is 0 Å². The summed E-state index contributed by atoms with van der Waals surface area (Å²) in [7, 11) is 5.94. The number of esters is 2. The van der Waals surface area contributed by atoms with Crippen LogP contribution in [-0.2, 0) is 33.3 Å². The number of likely N-dealkylation sites (N-methyl/N-ethyl adjacent to an activating group) is 1. The SMILES string of the molecule is CCCCCCC/C=C\C/C=C\CCCCCCCCCCCCCCCCCCCCCC(=O)OC(COC(=O)CCCCCCCCCCC/C=C\CCCCCCCCCC)COC(OCC[N+](C)(C)C)C(=O)[O-]. The Kier molecular flexibility index (Phi) is 57.7. The number of carboxylic acids is 1. The van der Waals surface area contributed by atoms with Crippen molar-refractivity contribution in [2.45, 2.75) is 334 Å². The number of hydrogen-bond donors (Lipinski definition) is 0. The molecule has 2 unspecified atom stereocenters. The summed E-state index contributed by atoms with van der Waals surface area (Å²) in [6.45, 7) is 4.79. The number of quaternary nitrogens is 1. The highest BCUT2D eigenvalue weighted by molar-refractivity contribution is 5.70. The highest BCUT2D eigenvalue weighted by Gasteiger charge is 2.22. The number of unbranched alkanes of at least 4 members (excludes halogenated alkanes) is 41. The minimum Gasteiger partial charge on any atom is -0.545 e. The van der Waals surface area contributed by atoms with E-state index in [2.05, 4.69) is 50.3 Å². The third-order valence-corrected chi connectivity index (χ3v) is 14.9. The van der Waals surface area contributed by atoms with Gasteiger partial charge in [-0.3, -0.25) is 9.59 Å². The molecule has 0 aliphatic carbocycles. The maximum Gasteiger partial charge on any atom is 0.306 e. The molecule has 0 aliphatic heterocycles. The number of ether oxygens (including phenoxy) is 4. The minimum absolute atomic E-state index is 0.149. The molecule has 9 heteroatoms. The van der Waals surface area contributed by atoms with E-state index in [0.717, 1.165) is 44.9 Å². The Morgan fingerprint density at radius 2 is 0.701 bits per heavy atom. The minimum atomic E-state index is -1.62. The molecule has 0 spiro atoms. The zero-order chi connectivity index (χ0) is 56.2. The Labute approximate surface area is 477 Å². The Balaban J connectivity index is 4.10. The third kappa shape index (κ3) is 61.0. The fourth-order valence-corrected chi connectivity index (χ4v) is 9.74. The number of rotatable bonds is 62. The molecular formula is C68H127NO8. The Morgan fingerprint density at radius 3 is 1.04 bits per heavy atom. The van der Waals surface area contributed by atoms with Crippen LogP contribution in [0.5, 0.6) is 0 Å². The van der Waals surface area contributed by atoms with Gasteiger partial charge in [-0.1, -0.05) is 275 Å². The van der Waals surface area contributed by atoms with Gasteiger partial charge in [0.1, 0.15) is 13.2 Å². The van der Waals surface area contributed by atoms with E-state index in [1.807, 2.05) is 21.1 Å². The van der Waals surface area contributed by atoms with Crippen LogP contribution in [0.3, 0.4) is 0 Å². The molecule has 2 atom stereocenters. The average Bonchev–Trinajstić information content (AvgIpc) is 3.40. The summed E-state index contributed by atoms with van der Waals surface area (Å²) >= 11 is 0. The lowest BCUT2D eigenvalue weighted by atomic mass is 10.0. The number of carbonyl (C=O) groups excluding carboxylic acids is 3. The Hall–Kier alpha value is -2.49. The van der Waals surface area contributed by atoms with E-state index in [-0.39, 0.29) is 32.2 Å². The molecule has 0 saturated heterocycles. The number of carbonyl (C=O) groups is 3. The second-order valence-electron chi connectivity index (χ2n) is 23.8. The molecule has 0 saturated carbocycles. The summed E-state index contributed by atoms with van der Waals surface area (Å²) < 4.78 is 22.8. The molecule has 0 rings (SSSR count). The van der Waals surface area contributed by atoms with Gasteiger partial charge in [-0.05, 0) is 70.6 Å². The van der Waals surface area contributed by atoms with Gasteiger partial charge in [0.15, 0.2) is 12.4 Å². The zero-order valence-electron chi connectivity index (χ0n) is 51.6. The topological polar surface area (TPSA) is 111 Å². The fourth-order valence-electron chi connectivity index (χ4n) is 9.74. The maximum atomic E-state index is 12.9. The van der Waals surface area contributed by atoms with Crippen LogP contribution in [0, 0.1) is 0 Å². The third-order valence-electron chi connectivity index (χ3n) is 14.9. The van der Waals surface area contributed by atoms with E-state index in [1.165, 1.54) is 250 Å². The zero-order valence-corrected chi connectivity index (χ0v) is 51.6. The summed E-state index contributed by atoms with van der Waals surface area (Å²) in [6, 6.07) is 0. The maximum absolute atomic E-state index is 12.9. The van der Waals surface area contributed by atoms with Gasteiger partial charge in [0, 0.05) is 12.8 Å². The van der Waals surface area contributed by atoms with Gasteiger partial charge >= 0.3 is 11.9 Å². The summed E-state index contributed by atoms with van der Waals surface area (Å²) in [5.41, 5.74) is 0. The molecular weight excluding hydrogens is 959 g/mol. The first-order valence-corrected chi connectivity index (χ1v) is 33.1. The number of hydrogen-bond acceptors (Lipinski definition) is 8. The van der Waals surface area contributed by atoms with Crippen LogP contribution in [0.2, 0.25) is 0 Å². The van der Waals surface area contributed by atoms with Gasteiger partial charge in [0.25, 0.3) is 0 Å². The van der Waals surface area contributed by atoms with E-state index in [1.54, 1.807) is 0 Å². The van der Waals surface area contributed by atoms with Gasteiger partial charge < -0.3 is 33.3 Å². The number of aliphatic carboxylic acids is 1. The van der Waals surface area contributed by atoms with E-state index in [4.69, 9.17) is 18.9 Å². The van der Waals surface area contributed by atoms with E-state index >= 15 is 0 Å². The number of allylic oxidation sites excluding steroid dienone is 6. The van der Waals surface area contributed by atoms with Gasteiger partial charge in [-0.2, -0.15) is 0 Å². The van der Waals surface area contributed by atoms with Crippen LogP contribution in [0.15, 0.2) is 36.5 Å². The van der Waals surface area contributed by atoms with Crippen molar-refractivity contribution in [1.82, 2.24) is 0 Å². The molecule has 0 bridgehead atoms. The van der Waals surface area contributed by atoms with Crippen molar-refractivity contribution in [2.24, 2.45) is 0 Å². The second-order valence-corrected chi connectivity index (χ2v) is 23.8. The molecule has 9 nitrogen and oxygen atoms in total. The Bertz CT molecular complexity index is 1360. The van der Waals surface area contributed by atoms with Crippen molar-refractivity contribution in [2.75, 3.05) is 47.5 Å². The molecule has 0 aromatic carbocycles. The van der Waals surface area contributed by atoms with Gasteiger partial charge in [-0.15, -0.1) is 0 Å². The van der Waals surface area contributed by atoms with Crippen molar-refractivity contribution in [1.29, 1.82) is 0 Å². The monoisotopic (exact) mass is 1090 g/mol. The van der Waals surface area contributed by atoms with Gasteiger partial charge in [0.05, 0.1) is 40.3 Å². The van der Waals surface area contributed by atoms with Crippen LogP contribution >= 0.6 is 0 Å². The largest absolute Gasteiger partial charge is 0.545 e. The lowest BCUT2D eigenvalue weighted by molar-refractivity contribution is -0.870. The smallest absolute Gasteiger partial charge is 0.306 e. The first-order valence-electron chi connectivity index (χ1n) is 33.1. The van der Waals surface area contributed by atoms with Crippen LogP contribution in [0.25, 0.3) is 0 Å². The lowest BCUT2D eigenvalue weighted by Crippen LogP contribution is -2.44. The summed E-state index contributed by atoms with van der Waals surface area (Å²) in [5, 5.41) is 11.8. The number of nitrogens with zero attached hydrogens (tertiary/aromatic N) is 1. The molecule has 77 heavy (non-hydrogen) atoms. The highest BCUT2D eigenvalue weighted by Crippen LogP contribution is 2.18. The van der Waals surface area contributed by atoms with Crippen molar-refractivity contribution in [3.05, 3.63) is 36.5 Å². The van der Waals surface area contributed by atoms with Crippen molar-refractivity contribution < 1.29 is 42.9 Å². The molecule has 0 aromatic heterocycles. The van der Waals surface area contributed by atoms with E-state index in [9.17, 15) is 19.5 Å². The standard InChI is InChI=1S/C68H127NO8/c1-6-8-10-12-14-16-18-20-22-24-26-28-29-30-31-32-33-34-35-36-37-39-41-43-45-47-49-51-53-55-57-59-66(71)77-64(63-76-68(67(72)73)74-61-60-69(3,4)5)62-75-65(70)58-56-54-52-50-48-46-44-42-40-38-27-25-23-21-19-17-15-13-11-9-7-2/h18,20,24-27,64,68H,6-17,19,21-23,28-63H2,1-5H3/b20-18-,26-24-,27-25-. The normalized spacial score (nSPS) is 12.9. The predicted molar refractivity (Wildman–Crippen MR) is 325 cm³/mol. The predicted octanol–water partition coefficient (Wildman–Crippen LogP) is 18.7. The van der Waals surface area contributed by atoms with E-state index in [0.29, 0.717) is 17.4 Å². The second kappa shape index (κ2) is 59.6. The van der Waals surface area contributed by atoms with Crippen molar-refractivity contribution >= 4 is 17.9 Å².